The van der Waals surface area contributed by atoms with Crippen LogP contribution in [0.25, 0.3) is 11.1 Å². The summed E-state index contributed by atoms with van der Waals surface area (Å²) in [7, 11) is 0. The van der Waals surface area contributed by atoms with Crippen molar-refractivity contribution in [3.05, 3.63) is 59.7 Å². The van der Waals surface area contributed by atoms with Gasteiger partial charge < -0.3 is 25.2 Å². The Morgan fingerprint density at radius 1 is 1.09 bits per heavy atom. The van der Waals surface area contributed by atoms with Crippen molar-refractivity contribution in [2.45, 2.75) is 38.1 Å². The van der Waals surface area contributed by atoms with Gasteiger partial charge >= 0.3 is 12.1 Å². The summed E-state index contributed by atoms with van der Waals surface area (Å²) in [6.45, 7) is 4.09. The third-order valence-corrected chi connectivity index (χ3v) is 6.76. The van der Waals surface area contributed by atoms with Gasteiger partial charge in [-0.2, -0.15) is 0 Å². The van der Waals surface area contributed by atoms with Gasteiger partial charge in [-0.05, 0) is 28.7 Å². The molecule has 0 bridgehead atoms. The first-order valence-electron chi connectivity index (χ1n) is 11.5. The van der Waals surface area contributed by atoms with Crippen LogP contribution in [0.15, 0.2) is 48.5 Å². The quantitative estimate of drug-likeness (QED) is 0.550. The molecule has 0 radical (unpaired) electrons. The molecule has 1 atom stereocenters. The van der Waals surface area contributed by atoms with Crippen LogP contribution in [-0.4, -0.2) is 55.0 Å². The van der Waals surface area contributed by atoms with Crippen molar-refractivity contribution in [2.75, 3.05) is 26.4 Å². The van der Waals surface area contributed by atoms with E-state index in [0.29, 0.717) is 6.42 Å². The van der Waals surface area contributed by atoms with E-state index < -0.39 is 28.9 Å². The summed E-state index contributed by atoms with van der Waals surface area (Å²) in [5, 5.41) is 14.9. The number of carbonyl (C=O) groups is 3. The van der Waals surface area contributed by atoms with E-state index in [1.54, 1.807) is 13.8 Å². The second-order valence-corrected chi connectivity index (χ2v) is 9.53. The third-order valence-electron chi connectivity index (χ3n) is 6.76. The zero-order chi connectivity index (χ0) is 24.3. The van der Waals surface area contributed by atoms with E-state index in [9.17, 15) is 19.5 Å². The maximum absolute atomic E-state index is 12.8. The van der Waals surface area contributed by atoms with Gasteiger partial charge in [-0.1, -0.05) is 62.4 Å². The standard InChI is InChI=1S/C26H30N2O6/c1-25(2,22(29)28-26(23(30)31)12-14-33-16-26)11-13-27-24(32)34-15-21-19-9-5-3-7-17(19)18-8-4-6-10-20(18)21/h3-10,21H,11-16H2,1-2H3,(H,27,32)(H,28,29)(H,30,31). The number of ether oxygens (including phenoxy) is 2. The summed E-state index contributed by atoms with van der Waals surface area (Å²) >= 11 is 0. The molecule has 1 unspecified atom stereocenters. The van der Waals surface area contributed by atoms with Crippen molar-refractivity contribution in [1.82, 2.24) is 10.6 Å². The number of amides is 2. The van der Waals surface area contributed by atoms with E-state index in [1.807, 2.05) is 24.3 Å². The predicted molar refractivity (Wildman–Crippen MR) is 125 cm³/mol. The average molecular weight is 467 g/mol. The first-order valence-corrected chi connectivity index (χ1v) is 11.5. The SMILES string of the molecule is CC(C)(CCNC(=O)OCC1c2ccccc2-c2ccccc21)C(=O)NC1(C(=O)O)CCOC1. The average Bonchev–Trinajstić information content (AvgIpc) is 3.41. The topological polar surface area (TPSA) is 114 Å². The molecule has 1 fully saturated rings. The molecule has 34 heavy (non-hydrogen) atoms. The Hall–Kier alpha value is -3.39. The molecule has 0 saturated carbocycles. The fourth-order valence-corrected chi connectivity index (χ4v) is 4.51. The lowest BCUT2D eigenvalue weighted by atomic mass is 9.86. The van der Waals surface area contributed by atoms with Gasteiger partial charge in [0.1, 0.15) is 6.61 Å². The number of carboxylic acid groups (broad SMARTS) is 1. The third kappa shape index (κ3) is 4.63. The van der Waals surface area contributed by atoms with Crippen molar-refractivity contribution in [2.24, 2.45) is 5.41 Å². The molecular formula is C26H30N2O6. The van der Waals surface area contributed by atoms with Crippen molar-refractivity contribution in [1.29, 1.82) is 0 Å². The van der Waals surface area contributed by atoms with Gasteiger partial charge in [0.2, 0.25) is 5.91 Å². The smallest absolute Gasteiger partial charge is 0.407 e. The lowest BCUT2D eigenvalue weighted by Crippen LogP contribution is -2.58. The Morgan fingerprint density at radius 3 is 2.26 bits per heavy atom. The predicted octanol–water partition coefficient (Wildman–Crippen LogP) is 3.30. The van der Waals surface area contributed by atoms with E-state index in [2.05, 4.69) is 34.9 Å². The summed E-state index contributed by atoms with van der Waals surface area (Å²) in [6.07, 6.45) is -0.00821. The van der Waals surface area contributed by atoms with Crippen LogP contribution in [0.2, 0.25) is 0 Å². The number of carbonyl (C=O) groups excluding carboxylic acids is 2. The molecule has 2 aromatic carbocycles. The number of hydrogen-bond donors (Lipinski definition) is 3. The summed E-state index contributed by atoms with van der Waals surface area (Å²) in [5.74, 6) is -1.53. The monoisotopic (exact) mass is 466 g/mol. The molecule has 1 heterocycles. The van der Waals surface area contributed by atoms with Gasteiger partial charge in [-0.25, -0.2) is 9.59 Å². The summed E-state index contributed by atoms with van der Waals surface area (Å²) in [4.78, 5) is 36.8. The van der Waals surface area contributed by atoms with Gasteiger partial charge in [0.15, 0.2) is 5.54 Å². The maximum atomic E-state index is 12.8. The molecule has 0 aromatic heterocycles. The number of hydrogen-bond acceptors (Lipinski definition) is 5. The molecule has 180 valence electrons. The van der Waals surface area contributed by atoms with Crippen LogP contribution in [0.1, 0.15) is 43.7 Å². The molecule has 1 aliphatic carbocycles. The normalized spacial score (nSPS) is 19.2. The molecule has 8 heteroatoms. The molecule has 1 aliphatic heterocycles. The minimum Gasteiger partial charge on any atom is -0.479 e. The van der Waals surface area contributed by atoms with Crippen LogP contribution in [0.5, 0.6) is 0 Å². The van der Waals surface area contributed by atoms with Crippen molar-refractivity contribution in [3.8, 4) is 11.1 Å². The van der Waals surface area contributed by atoms with Crippen LogP contribution in [0, 0.1) is 5.41 Å². The highest BCUT2D eigenvalue weighted by atomic mass is 16.5. The molecule has 0 spiro atoms. The zero-order valence-corrected chi connectivity index (χ0v) is 19.4. The van der Waals surface area contributed by atoms with E-state index in [4.69, 9.17) is 9.47 Å². The molecule has 2 aliphatic rings. The van der Waals surface area contributed by atoms with E-state index in [0.717, 1.165) is 22.3 Å². The number of alkyl carbamates (subject to hydrolysis) is 1. The minimum absolute atomic E-state index is 0.0267. The van der Waals surface area contributed by atoms with Gasteiger partial charge in [-0.3, -0.25) is 4.79 Å². The van der Waals surface area contributed by atoms with Crippen molar-refractivity contribution < 1.29 is 29.0 Å². The number of carboxylic acids is 1. The highest BCUT2D eigenvalue weighted by Gasteiger charge is 2.46. The van der Waals surface area contributed by atoms with Crippen LogP contribution in [-0.2, 0) is 19.1 Å². The number of rotatable bonds is 8. The van der Waals surface area contributed by atoms with Crippen molar-refractivity contribution in [3.63, 3.8) is 0 Å². The number of nitrogens with one attached hydrogen (secondary N) is 2. The van der Waals surface area contributed by atoms with Crippen LogP contribution in [0.4, 0.5) is 4.79 Å². The molecule has 1 saturated heterocycles. The number of benzene rings is 2. The Morgan fingerprint density at radius 2 is 1.71 bits per heavy atom. The number of aliphatic carboxylic acids is 1. The molecule has 8 nitrogen and oxygen atoms in total. The van der Waals surface area contributed by atoms with Crippen LogP contribution in [0.3, 0.4) is 0 Å². The maximum Gasteiger partial charge on any atom is 0.407 e. The van der Waals surface area contributed by atoms with Gasteiger partial charge in [0.25, 0.3) is 0 Å². The van der Waals surface area contributed by atoms with Gasteiger partial charge in [0.05, 0.1) is 6.61 Å². The Balaban J connectivity index is 1.28. The summed E-state index contributed by atoms with van der Waals surface area (Å²) in [6, 6.07) is 16.2. The first kappa shape index (κ1) is 23.8. The lowest BCUT2D eigenvalue weighted by molar-refractivity contribution is -0.149. The lowest BCUT2D eigenvalue weighted by Gasteiger charge is -2.30. The van der Waals surface area contributed by atoms with E-state index >= 15 is 0 Å². The molecule has 3 N–H and O–H groups in total. The Bertz CT molecular complexity index is 1040. The second kappa shape index (κ2) is 9.46. The van der Waals surface area contributed by atoms with Crippen molar-refractivity contribution >= 4 is 18.0 Å². The second-order valence-electron chi connectivity index (χ2n) is 9.53. The van der Waals surface area contributed by atoms with Gasteiger partial charge in [-0.15, -0.1) is 0 Å². The largest absolute Gasteiger partial charge is 0.479 e. The molecule has 2 aromatic rings. The highest BCUT2D eigenvalue weighted by Crippen LogP contribution is 2.44. The first-order chi connectivity index (χ1) is 16.2. The van der Waals surface area contributed by atoms with Crippen LogP contribution >= 0.6 is 0 Å². The minimum atomic E-state index is -1.39. The molecule has 4 rings (SSSR count). The summed E-state index contributed by atoms with van der Waals surface area (Å²) < 4.78 is 10.7. The molecule has 2 amide bonds. The number of fused-ring (bicyclic) bond motifs is 3. The fourth-order valence-electron chi connectivity index (χ4n) is 4.51. The Kier molecular flexibility index (Phi) is 6.61. The highest BCUT2D eigenvalue weighted by molar-refractivity contribution is 5.90. The van der Waals surface area contributed by atoms with Crippen LogP contribution < -0.4 is 10.6 Å². The summed E-state index contributed by atoms with van der Waals surface area (Å²) in [5.41, 5.74) is 2.31. The Labute approximate surface area is 198 Å². The fraction of sp³-hybridized carbons (Fsp3) is 0.423. The van der Waals surface area contributed by atoms with E-state index in [-0.39, 0.29) is 38.7 Å². The zero-order valence-electron chi connectivity index (χ0n) is 19.4. The molecular weight excluding hydrogens is 436 g/mol. The van der Waals surface area contributed by atoms with E-state index in [1.165, 1.54) is 0 Å². The van der Waals surface area contributed by atoms with Gasteiger partial charge in [0, 0.05) is 30.9 Å².